The second-order valence-electron chi connectivity index (χ2n) is 7.89. The summed E-state index contributed by atoms with van der Waals surface area (Å²) in [5.41, 5.74) is 1.10. The summed E-state index contributed by atoms with van der Waals surface area (Å²) in [4.78, 5) is 6.43. The van der Waals surface area contributed by atoms with Gasteiger partial charge in [0.05, 0.1) is 6.61 Å². The zero-order chi connectivity index (χ0) is 21.9. The molecule has 0 bridgehead atoms. The molecule has 30 heavy (non-hydrogen) atoms. The number of fused-ring (bicyclic) bond motifs is 1. The van der Waals surface area contributed by atoms with Crippen molar-refractivity contribution in [2.75, 3.05) is 26.7 Å². The van der Waals surface area contributed by atoms with Crippen molar-refractivity contribution in [1.82, 2.24) is 14.2 Å². The number of benzene rings is 1. The first-order valence-corrected chi connectivity index (χ1v) is 12.1. The molecule has 7 nitrogen and oxygen atoms in total. The largest absolute Gasteiger partial charge is 0.487 e. The highest BCUT2D eigenvalue weighted by Crippen LogP contribution is 2.35. The van der Waals surface area contributed by atoms with E-state index in [9.17, 15) is 13.5 Å². The van der Waals surface area contributed by atoms with E-state index in [0.717, 1.165) is 10.0 Å². The molecule has 0 saturated carbocycles. The van der Waals surface area contributed by atoms with Crippen LogP contribution in [-0.2, 0) is 16.6 Å². The lowest BCUT2D eigenvalue weighted by molar-refractivity contribution is 0.0733. The van der Waals surface area contributed by atoms with Crippen LogP contribution in [0, 0.1) is 5.92 Å². The summed E-state index contributed by atoms with van der Waals surface area (Å²) in [5, 5.41) is 9.68. The first kappa shape index (κ1) is 23.1. The van der Waals surface area contributed by atoms with E-state index in [1.54, 1.807) is 31.3 Å². The molecule has 0 fully saturated rings. The molecule has 2 aromatic rings. The monoisotopic (exact) mass is 497 g/mol. The summed E-state index contributed by atoms with van der Waals surface area (Å²) in [6, 6.07) is 8.34. The minimum Gasteiger partial charge on any atom is -0.487 e. The van der Waals surface area contributed by atoms with Crippen LogP contribution in [-0.4, -0.2) is 66.6 Å². The highest BCUT2D eigenvalue weighted by Gasteiger charge is 2.38. The number of halogens is 1. The molecule has 0 unspecified atom stereocenters. The minimum atomic E-state index is -3.80. The molecule has 164 valence electrons. The number of aliphatic hydroxyl groups excluding tert-OH is 1. The smallest absolute Gasteiger partial charge is 0.247 e. The van der Waals surface area contributed by atoms with Gasteiger partial charge in [-0.05, 0) is 43.8 Å². The molecule has 1 N–H and O–H groups in total. The van der Waals surface area contributed by atoms with Crippen LogP contribution in [0.25, 0.3) is 0 Å². The Balaban J connectivity index is 1.92. The van der Waals surface area contributed by atoms with Gasteiger partial charge in [0.25, 0.3) is 0 Å². The summed E-state index contributed by atoms with van der Waals surface area (Å²) < 4.78 is 35.0. The molecule has 0 radical (unpaired) electrons. The van der Waals surface area contributed by atoms with E-state index in [1.807, 2.05) is 32.3 Å². The normalized spacial score (nSPS) is 22.6. The van der Waals surface area contributed by atoms with Gasteiger partial charge in [0.2, 0.25) is 10.0 Å². The van der Waals surface area contributed by atoms with Crippen LogP contribution in [0.1, 0.15) is 19.4 Å². The molecule has 0 amide bonds. The number of hydrogen-bond donors (Lipinski definition) is 1. The molecule has 2 heterocycles. The summed E-state index contributed by atoms with van der Waals surface area (Å²) in [7, 11) is -1.79. The van der Waals surface area contributed by atoms with Crippen LogP contribution in [0.2, 0.25) is 0 Å². The summed E-state index contributed by atoms with van der Waals surface area (Å²) in [5.74, 6) is 0.239. The van der Waals surface area contributed by atoms with Crippen LogP contribution in [0.4, 0.5) is 0 Å². The fourth-order valence-electron chi connectivity index (χ4n) is 3.59. The van der Waals surface area contributed by atoms with Gasteiger partial charge >= 0.3 is 0 Å². The summed E-state index contributed by atoms with van der Waals surface area (Å²) in [6.45, 7) is 5.05. The van der Waals surface area contributed by atoms with Gasteiger partial charge in [0, 0.05) is 48.5 Å². The molecule has 1 aromatic carbocycles. The number of aromatic nitrogens is 1. The third kappa shape index (κ3) is 5.20. The predicted octanol–water partition coefficient (Wildman–Crippen LogP) is 2.74. The topological polar surface area (TPSA) is 83.0 Å². The van der Waals surface area contributed by atoms with E-state index in [2.05, 4.69) is 25.8 Å². The van der Waals surface area contributed by atoms with E-state index in [4.69, 9.17) is 4.74 Å². The van der Waals surface area contributed by atoms with Crippen molar-refractivity contribution in [2.45, 2.75) is 37.4 Å². The molecular weight excluding hydrogens is 470 g/mol. The van der Waals surface area contributed by atoms with Crippen molar-refractivity contribution >= 4 is 26.0 Å². The SMILES string of the molecule is C[C@@H]1CN([C@@H](C)CO)S(=O)(=O)c2ccc(Br)cc2O[C@H]1CN(C)Cc1cccnc1. The maximum Gasteiger partial charge on any atom is 0.247 e. The third-order valence-electron chi connectivity index (χ3n) is 5.30. The number of ether oxygens (including phenoxy) is 1. The first-order valence-electron chi connectivity index (χ1n) is 9.88. The Kier molecular flexibility index (Phi) is 7.52. The molecule has 1 aliphatic heterocycles. The van der Waals surface area contributed by atoms with Crippen molar-refractivity contribution in [2.24, 2.45) is 5.92 Å². The second-order valence-corrected chi connectivity index (χ2v) is 10.7. The number of sulfonamides is 1. The minimum absolute atomic E-state index is 0.0859. The number of rotatable bonds is 6. The fraction of sp³-hybridized carbons (Fsp3) is 0.476. The van der Waals surface area contributed by atoms with Gasteiger partial charge in [-0.1, -0.05) is 28.9 Å². The van der Waals surface area contributed by atoms with Crippen LogP contribution >= 0.6 is 15.9 Å². The summed E-state index contributed by atoms with van der Waals surface area (Å²) >= 11 is 3.42. The van der Waals surface area contributed by atoms with Crippen molar-refractivity contribution in [3.05, 3.63) is 52.8 Å². The van der Waals surface area contributed by atoms with Gasteiger partial charge < -0.3 is 9.84 Å². The summed E-state index contributed by atoms with van der Waals surface area (Å²) in [6.07, 6.45) is 3.35. The van der Waals surface area contributed by atoms with E-state index in [1.165, 1.54) is 4.31 Å². The van der Waals surface area contributed by atoms with Gasteiger partial charge in [-0.15, -0.1) is 0 Å². The van der Waals surface area contributed by atoms with Gasteiger partial charge in [-0.25, -0.2) is 8.42 Å². The van der Waals surface area contributed by atoms with Crippen LogP contribution in [0.5, 0.6) is 5.75 Å². The maximum absolute atomic E-state index is 13.3. The Morgan fingerprint density at radius 1 is 1.40 bits per heavy atom. The standard InChI is InChI=1S/C21H28BrN3O4S/c1-15-11-25(16(2)14-26)30(27,28)21-7-6-18(22)9-19(21)29-20(15)13-24(3)12-17-5-4-8-23-10-17/h4-10,15-16,20,26H,11-14H2,1-3H3/t15-,16+,20+/m1/s1. The first-order chi connectivity index (χ1) is 14.2. The second kappa shape index (κ2) is 9.74. The van der Waals surface area contributed by atoms with E-state index in [0.29, 0.717) is 18.8 Å². The molecule has 1 aliphatic rings. The van der Waals surface area contributed by atoms with E-state index < -0.39 is 16.1 Å². The Hall–Kier alpha value is -1.52. The average molecular weight is 498 g/mol. The highest BCUT2D eigenvalue weighted by atomic mass is 79.9. The molecule has 3 atom stereocenters. The molecule has 0 aliphatic carbocycles. The Labute approximate surface area is 186 Å². The molecule has 0 spiro atoms. The molecular formula is C21H28BrN3O4S. The van der Waals surface area contributed by atoms with Crippen molar-refractivity contribution in [3.63, 3.8) is 0 Å². The lowest BCUT2D eigenvalue weighted by Crippen LogP contribution is -2.49. The van der Waals surface area contributed by atoms with Gasteiger partial charge in [0.15, 0.2) is 0 Å². The molecule has 1 aromatic heterocycles. The lowest BCUT2D eigenvalue weighted by atomic mass is 10.0. The Bertz CT molecular complexity index is 958. The van der Waals surface area contributed by atoms with Gasteiger partial charge in [-0.3, -0.25) is 9.88 Å². The quantitative estimate of drug-likeness (QED) is 0.660. The van der Waals surface area contributed by atoms with Crippen molar-refractivity contribution < 1.29 is 18.3 Å². The van der Waals surface area contributed by atoms with E-state index >= 15 is 0 Å². The highest BCUT2D eigenvalue weighted by molar-refractivity contribution is 9.10. The maximum atomic E-state index is 13.3. The van der Waals surface area contributed by atoms with Crippen molar-refractivity contribution in [1.29, 1.82) is 0 Å². The van der Waals surface area contributed by atoms with Crippen molar-refractivity contribution in [3.8, 4) is 5.75 Å². The van der Waals surface area contributed by atoms with Gasteiger partial charge in [-0.2, -0.15) is 4.31 Å². The van der Waals surface area contributed by atoms with Gasteiger partial charge in [0.1, 0.15) is 16.7 Å². The zero-order valence-corrected chi connectivity index (χ0v) is 19.8. The van der Waals surface area contributed by atoms with Crippen LogP contribution in [0.15, 0.2) is 52.1 Å². The molecule has 9 heteroatoms. The number of nitrogens with zero attached hydrogens (tertiary/aromatic N) is 3. The number of hydrogen-bond acceptors (Lipinski definition) is 6. The number of pyridine rings is 1. The third-order valence-corrected chi connectivity index (χ3v) is 7.81. The molecule has 3 rings (SSSR count). The fourth-order valence-corrected chi connectivity index (χ4v) is 5.76. The lowest BCUT2D eigenvalue weighted by Gasteiger charge is -2.37. The number of aliphatic hydroxyl groups is 1. The number of likely N-dealkylation sites (N-methyl/N-ethyl adjacent to an activating group) is 1. The zero-order valence-electron chi connectivity index (χ0n) is 17.4. The van der Waals surface area contributed by atoms with Crippen LogP contribution in [0.3, 0.4) is 0 Å². The van der Waals surface area contributed by atoms with E-state index in [-0.39, 0.29) is 30.1 Å². The predicted molar refractivity (Wildman–Crippen MR) is 119 cm³/mol. The Morgan fingerprint density at radius 3 is 2.83 bits per heavy atom. The Morgan fingerprint density at radius 2 is 2.17 bits per heavy atom. The van der Waals surface area contributed by atoms with Crippen LogP contribution < -0.4 is 4.74 Å². The molecule has 0 saturated heterocycles. The average Bonchev–Trinajstić information content (AvgIpc) is 2.70.